The van der Waals surface area contributed by atoms with Crippen LogP contribution in [-0.2, 0) is 22.3 Å². The second kappa shape index (κ2) is 6.24. The van der Waals surface area contributed by atoms with E-state index in [1.165, 1.54) is 6.42 Å². The van der Waals surface area contributed by atoms with Crippen molar-refractivity contribution < 1.29 is 8.42 Å². The van der Waals surface area contributed by atoms with Crippen molar-refractivity contribution in [3.8, 4) is 0 Å². The van der Waals surface area contributed by atoms with E-state index in [0.29, 0.717) is 6.54 Å². The summed E-state index contributed by atoms with van der Waals surface area (Å²) in [4.78, 5) is 0. The molecule has 5 heteroatoms. The molecule has 1 aliphatic carbocycles. The van der Waals surface area contributed by atoms with Crippen LogP contribution >= 0.6 is 0 Å². The van der Waals surface area contributed by atoms with Gasteiger partial charge in [0.2, 0.25) is 10.0 Å². The van der Waals surface area contributed by atoms with Crippen LogP contribution in [0.4, 0.5) is 0 Å². The summed E-state index contributed by atoms with van der Waals surface area (Å²) in [6.07, 6.45) is 3.45. The molecule has 4 nitrogen and oxygen atoms in total. The predicted molar refractivity (Wildman–Crippen MR) is 81.8 cm³/mol. The number of nitrogens with one attached hydrogen (secondary N) is 2. The molecule has 0 spiro atoms. The maximum atomic E-state index is 12.1. The summed E-state index contributed by atoms with van der Waals surface area (Å²) in [5.74, 6) is 0.0584. The molecule has 0 saturated heterocycles. The molecule has 1 aromatic rings. The first-order valence-corrected chi connectivity index (χ1v) is 8.77. The fraction of sp³-hybridized carbons (Fsp3) is 0.600. The Morgan fingerprint density at radius 1 is 1.15 bits per heavy atom. The smallest absolute Gasteiger partial charge is 0.215 e. The lowest BCUT2D eigenvalue weighted by molar-refractivity contribution is 0.166. The van der Waals surface area contributed by atoms with Crippen molar-refractivity contribution in [1.82, 2.24) is 10.0 Å². The van der Waals surface area contributed by atoms with Crippen LogP contribution in [0.1, 0.15) is 37.3 Å². The lowest BCUT2D eigenvalue weighted by Gasteiger charge is -2.38. The molecule has 20 heavy (non-hydrogen) atoms. The number of hydrogen-bond acceptors (Lipinski definition) is 3. The van der Waals surface area contributed by atoms with Gasteiger partial charge in [-0.05, 0) is 36.4 Å². The van der Waals surface area contributed by atoms with Crippen molar-refractivity contribution in [3.05, 3.63) is 35.4 Å². The third kappa shape index (κ3) is 4.30. The van der Waals surface area contributed by atoms with E-state index in [4.69, 9.17) is 0 Å². The fourth-order valence-corrected chi connectivity index (χ4v) is 3.77. The number of benzene rings is 1. The molecule has 1 aromatic carbocycles. The van der Waals surface area contributed by atoms with Gasteiger partial charge in [-0.25, -0.2) is 13.1 Å². The Labute approximate surface area is 122 Å². The molecule has 0 atom stereocenters. The SMILES string of the molecule is CNCc1ccc(CS(=O)(=O)NCC2(C)CCC2)cc1. The van der Waals surface area contributed by atoms with E-state index in [2.05, 4.69) is 17.0 Å². The minimum atomic E-state index is -3.23. The van der Waals surface area contributed by atoms with E-state index in [1.54, 1.807) is 0 Å². The minimum Gasteiger partial charge on any atom is -0.316 e. The average molecular weight is 296 g/mol. The van der Waals surface area contributed by atoms with Gasteiger partial charge in [0.1, 0.15) is 0 Å². The Kier molecular flexibility index (Phi) is 4.83. The molecule has 1 aliphatic rings. The zero-order valence-electron chi connectivity index (χ0n) is 12.3. The Hall–Kier alpha value is -0.910. The molecule has 1 fully saturated rings. The van der Waals surface area contributed by atoms with Crippen LogP contribution in [0.3, 0.4) is 0 Å². The topological polar surface area (TPSA) is 58.2 Å². The molecular weight excluding hydrogens is 272 g/mol. The monoisotopic (exact) mass is 296 g/mol. The molecule has 2 N–H and O–H groups in total. The van der Waals surface area contributed by atoms with E-state index in [9.17, 15) is 8.42 Å². The average Bonchev–Trinajstić information content (AvgIpc) is 2.37. The highest BCUT2D eigenvalue weighted by Crippen LogP contribution is 2.39. The standard InChI is InChI=1S/C15H24N2O2S/c1-15(8-3-9-15)12-17-20(18,19)11-14-6-4-13(5-7-14)10-16-2/h4-7,16-17H,3,8-12H2,1-2H3. The first kappa shape index (κ1) is 15.5. The Bertz CT molecular complexity index is 533. The van der Waals surface area contributed by atoms with Crippen molar-refractivity contribution >= 4 is 10.0 Å². The summed E-state index contributed by atoms with van der Waals surface area (Å²) in [5.41, 5.74) is 2.16. The summed E-state index contributed by atoms with van der Waals surface area (Å²) >= 11 is 0. The van der Waals surface area contributed by atoms with Gasteiger partial charge in [0.25, 0.3) is 0 Å². The van der Waals surface area contributed by atoms with Crippen LogP contribution in [0, 0.1) is 5.41 Å². The van der Waals surface area contributed by atoms with Gasteiger partial charge in [0.15, 0.2) is 0 Å². The molecular formula is C15H24N2O2S. The van der Waals surface area contributed by atoms with Crippen molar-refractivity contribution in [2.24, 2.45) is 5.41 Å². The summed E-state index contributed by atoms with van der Waals surface area (Å²) in [7, 11) is -1.34. The third-order valence-electron chi connectivity index (χ3n) is 4.04. The highest BCUT2D eigenvalue weighted by Gasteiger charge is 2.32. The van der Waals surface area contributed by atoms with E-state index in [0.717, 1.165) is 30.5 Å². The molecule has 0 unspecified atom stereocenters. The van der Waals surface area contributed by atoms with E-state index < -0.39 is 10.0 Å². The van der Waals surface area contributed by atoms with Crippen molar-refractivity contribution in [3.63, 3.8) is 0 Å². The molecule has 2 rings (SSSR count). The van der Waals surface area contributed by atoms with Crippen molar-refractivity contribution in [2.45, 2.75) is 38.5 Å². The molecule has 0 aliphatic heterocycles. The summed E-state index contributed by atoms with van der Waals surface area (Å²) in [6.45, 7) is 3.50. The maximum Gasteiger partial charge on any atom is 0.215 e. The highest BCUT2D eigenvalue weighted by atomic mass is 32.2. The van der Waals surface area contributed by atoms with Gasteiger partial charge in [0.05, 0.1) is 5.75 Å². The Morgan fingerprint density at radius 2 is 1.75 bits per heavy atom. The van der Waals surface area contributed by atoms with Gasteiger partial charge in [-0.2, -0.15) is 0 Å². The van der Waals surface area contributed by atoms with Gasteiger partial charge in [0, 0.05) is 13.1 Å². The second-order valence-corrected chi connectivity index (χ2v) is 7.90. The van der Waals surface area contributed by atoms with Gasteiger partial charge in [-0.15, -0.1) is 0 Å². The van der Waals surface area contributed by atoms with Crippen LogP contribution in [0.5, 0.6) is 0 Å². The van der Waals surface area contributed by atoms with Crippen LogP contribution in [0.2, 0.25) is 0 Å². The Balaban J connectivity index is 1.90. The van der Waals surface area contributed by atoms with Gasteiger partial charge < -0.3 is 5.32 Å². The maximum absolute atomic E-state index is 12.1. The third-order valence-corrected chi connectivity index (χ3v) is 5.34. The minimum absolute atomic E-state index is 0.0584. The molecule has 0 radical (unpaired) electrons. The first-order chi connectivity index (χ1) is 9.42. The van der Waals surface area contributed by atoms with Crippen LogP contribution in [-0.4, -0.2) is 22.0 Å². The zero-order chi connectivity index (χ0) is 14.6. The predicted octanol–water partition coefficient (Wildman–Crippen LogP) is 2.02. The zero-order valence-corrected chi connectivity index (χ0v) is 13.1. The molecule has 0 amide bonds. The normalized spacial score (nSPS) is 17.7. The van der Waals surface area contributed by atoms with Crippen LogP contribution < -0.4 is 10.0 Å². The molecule has 112 valence electrons. The van der Waals surface area contributed by atoms with E-state index in [1.807, 2.05) is 31.3 Å². The summed E-state index contributed by atoms with van der Waals surface area (Å²) < 4.78 is 26.9. The molecule has 0 bridgehead atoms. The number of rotatable bonds is 7. The lowest BCUT2D eigenvalue weighted by atomic mass is 9.71. The largest absolute Gasteiger partial charge is 0.316 e. The summed E-state index contributed by atoms with van der Waals surface area (Å²) in [6, 6.07) is 7.71. The van der Waals surface area contributed by atoms with E-state index >= 15 is 0 Å². The van der Waals surface area contributed by atoms with Crippen molar-refractivity contribution in [1.29, 1.82) is 0 Å². The Morgan fingerprint density at radius 3 is 2.25 bits per heavy atom. The van der Waals surface area contributed by atoms with Crippen molar-refractivity contribution in [2.75, 3.05) is 13.6 Å². The van der Waals surface area contributed by atoms with Gasteiger partial charge in [-0.3, -0.25) is 0 Å². The quantitative estimate of drug-likeness (QED) is 0.809. The highest BCUT2D eigenvalue weighted by molar-refractivity contribution is 7.88. The van der Waals surface area contributed by atoms with Crippen LogP contribution in [0.25, 0.3) is 0 Å². The molecule has 1 saturated carbocycles. The van der Waals surface area contributed by atoms with Gasteiger partial charge >= 0.3 is 0 Å². The second-order valence-electron chi connectivity index (χ2n) is 6.09. The van der Waals surface area contributed by atoms with Gasteiger partial charge in [-0.1, -0.05) is 37.6 Å². The lowest BCUT2D eigenvalue weighted by Crippen LogP contribution is -2.40. The molecule has 0 aromatic heterocycles. The first-order valence-electron chi connectivity index (χ1n) is 7.12. The van der Waals surface area contributed by atoms with Crippen LogP contribution in [0.15, 0.2) is 24.3 Å². The summed E-state index contributed by atoms with van der Waals surface area (Å²) in [5, 5.41) is 3.07. The fourth-order valence-electron chi connectivity index (χ4n) is 2.47. The van der Waals surface area contributed by atoms with E-state index in [-0.39, 0.29) is 11.2 Å². The molecule has 0 heterocycles. The number of sulfonamides is 1. The number of hydrogen-bond donors (Lipinski definition) is 2.